The Balaban J connectivity index is 2.90. The number of rotatable bonds is 6. The molecule has 96 valence electrons. The fourth-order valence-electron chi connectivity index (χ4n) is 1.71. The highest BCUT2D eigenvalue weighted by atomic mass is 35.5. The molecule has 0 bridgehead atoms. The molecule has 1 rings (SSSR count). The Bertz CT molecular complexity index is 369. The molecule has 0 amide bonds. The zero-order chi connectivity index (χ0) is 12.8. The zero-order valence-electron chi connectivity index (χ0n) is 10.6. The average molecular weight is 258 g/mol. The van der Waals surface area contributed by atoms with Gasteiger partial charge in [0.2, 0.25) is 0 Å². The molecule has 1 unspecified atom stereocenters. The normalized spacial score (nSPS) is 12.5. The third-order valence-electron chi connectivity index (χ3n) is 2.54. The van der Waals surface area contributed by atoms with Crippen molar-refractivity contribution in [1.29, 1.82) is 0 Å². The van der Waals surface area contributed by atoms with Crippen molar-refractivity contribution in [2.75, 3.05) is 19.8 Å². The molecule has 4 heteroatoms. The second-order valence-corrected chi connectivity index (χ2v) is 4.28. The summed E-state index contributed by atoms with van der Waals surface area (Å²) in [5.41, 5.74) is 7.60. The van der Waals surface area contributed by atoms with Crippen LogP contribution < -0.4 is 10.5 Å². The van der Waals surface area contributed by atoms with E-state index in [4.69, 9.17) is 26.8 Å². The average Bonchev–Trinajstić information content (AvgIpc) is 2.30. The minimum Gasteiger partial charge on any atom is -0.492 e. The van der Waals surface area contributed by atoms with Crippen molar-refractivity contribution >= 4 is 11.6 Å². The van der Waals surface area contributed by atoms with E-state index in [0.29, 0.717) is 24.8 Å². The molecule has 0 aliphatic heterocycles. The van der Waals surface area contributed by atoms with Gasteiger partial charge in [-0.1, -0.05) is 11.6 Å². The Kier molecular flexibility index (Phi) is 5.75. The first kappa shape index (κ1) is 14.3. The summed E-state index contributed by atoms with van der Waals surface area (Å²) in [6.45, 7) is 7.63. The van der Waals surface area contributed by atoms with Crippen LogP contribution in [0.1, 0.15) is 31.1 Å². The van der Waals surface area contributed by atoms with Crippen LogP contribution in [0.15, 0.2) is 12.1 Å². The number of halogens is 1. The van der Waals surface area contributed by atoms with Crippen molar-refractivity contribution in [2.24, 2.45) is 5.73 Å². The maximum Gasteiger partial charge on any atom is 0.138 e. The fraction of sp³-hybridized carbons (Fsp3) is 0.538. The highest BCUT2D eigenvalue weighted by molar-refractivity contribution is 6.32. The summed E-state index contributed by atoms with van der Waals surface area (Å²) in [4.78, 5) is 0. The minimum atomic E-state index is -0.00766. The molecule has 0 heterocycles. The molecule has 17 heavy (non-hydrogen) atoms. The smallest absolute Gasteiger partial charge is 0.138 e. The molecule has 1 aromatic rings. The molecule has 0 aromatic heterocycles. The van der Waals surface area contributed by atoms with E-state index in [9.17, 15) is 0 Å². The lowest BCUT2D eigenvalue weighted by atomic mass is 10.0. The van der Waals surface area contributed by atoms with Gasteiger partial charge in [0.25, 0.3) is 0 Å². The monoisotopic (exact) mass is 257 g/mol. The Hall–Kier alpha value is -0.770. The van der Waals surface area contributed by atoms with Gasteiger partial charge in [-0.25, -0.2) is 0 Å². The van der Waals surface area contributed by atoms with Crippen molar-refractivity contribution < 1.29 is 9.47 Å². The van der Waals surface area contributed by atoms with Gasteiger partial charge in [-0.05, 0) is 44.0 Å². The van der Waals surface area contributed by atoms with Gasteiger partial charge in [0.05, 0.1) is 24.3 Å². The Morgan fingerprint density at radius 2 is 2.12 bits per heavy atom. The van der Waals surface area contributed by atoms with Crippen LogP contribution in [0.4, 0.5) is 0 Å². The van der Waals surface area contributed by atoms with Gasteiger partial charge in [-0.2, -0.15) is 0 Å². The second-order valence-electron chi connectivity index (χ2n) is 3.87. The van der Waals surface area contributed by atoms with Gasteiger partial charge < -0.3 is 15.2 Å². The van der Waals surface area contributed by atoms with Gasteiger partial charge in [-0.3, -0.25) is 0 Å². The molecule has 0 spiro atoms. The molecular weight excluding hydrogens is 238 g/mol. The van der Waals surface area contributed by atoms with Crippen LogP contribution in [0, 0.1) is 6.92 Å². The number of benzene rings is 1. The summed E-state index contributed by atoms with van der Waals surface area (Å²) >= 11 is 6.15. The molecule has 0 saturated heterocycles. The van der Waals surface area contributed by atoms with Crippen molar-refractivity contribution in [1.82, 2.24) is 0 Å². The lowest BCUT2D eigenvalue weighted by Crippen LogP contribution is -2.11. The molecule has 1 aromatic carbocycles. The topological polar surface area (TPSA) is 44.5 Å². The van der Waals surface area contributed by atoms with Crippen LogP contribution in [0.5, 0.6) is 5.75 Å². The number of hydrogen-bond donors (Lipinski definition) is 1. The molecule has 3 nitrogen and oxygen atoms in total. The lowest BCUT2D eigenvalue weighted by molar-refractivity contribution is 0.0713. The molecule has 2 N–H and O–H groups in total. The number of aryl methyl sites for hydroxylation is 1. The largest absolute Gasteiger partial charge is 0.492 e. The molecule has 0 radical (unpaired) electrons. The predicted molar refractivity (Wildman–Crippen MR) is 70.8 cm³/mol. The van der Waals surface area contributed by atoms with Crippen molar-refractivity contribution in [2.45, 2.75) is 26.9 Å². The molecule has 1 atom stereocenters. The number of hydrogen-bond acceptors (Lipinski definition) is 3. The van der Waals surface area contributed by atoms with E-state index in [1.807, 2.05) is 32.9 Å². The summed E-state index contributed by atoms with van der Waals surface area (Å²) < 4.78 is 11.0. The first-order valence-electron chi connectivity index (χ1n) is 5.84. The van der Waals surface area contributed by atoms with Crippen LogP contribution in [0.25, 0.3) is 0 Å². The molecule has 0 aliphatic carbocycles. The summed E-state index contributed by atoms with van der Waals surface area (Å²) in [7, 11) is 0. The van der Waals surface area contributed by atoms with Crippen molar-refractivity contribution in [3.05, 3.63) is 28.3 Å². The van der Waals surface area contributed by atoms with Crippen LogP contribution in [0.2, 0.25) is 5.02 Å². The lowest BCUT2D eigenvalue weighted by Gasteiger charge is -2.17. The third-order valence-corrected chi connectivity index (χ3v) is 2.84. The number of ether oxygens (including phenoxy) is 2. The summed E-state index contributed by atoms with van der Waals surface area (Å²) in [6, 6.07) is 3.85. The highest BCUT2D eigenvalue weighted by Gasteiger charge is 2.12. The van der Waals surface area contributed by atoms with E-state index >= 15 is 0 Å². The van der Waals surface area contributed by atoms with Gasteiger partial charge in [-0.15, -0.1) is 0 Å². The number of nitrogens with two attached hydrogens (primary N) is 1. The van der Waals surface area contributed by atoms with Gasteiger partial charge in [0, 0.05) is 6.54 Å². The predicted octanol–water partition coefficient (Wildman–Crippen LogP) is 3.08. The van der Waals surface area contributed by atoms with Crippen molar-refractivity contribution in [3.8, 4) is 5.75 Å². The second kappa shape index (κ2) is 6.84. The van der Waals surface area contributed by atoms with E-state index in [1.54, 1.807) is 0 Å². The van der Waals surface area contributed by atoms with Gasteiger partial charge >= 0.3 is 0 Å². The van der Waals surface area contributed by atoms with Crippen LogP contribution in [-0.4, -0.2) is 19.8 Å². The van der Waals surface area contributed by atoms with Crippen LogP contribution in [0.3, 0.4) is 0 Å². The standard InChI is InChI=1S/C13H20ClNO2/c1-4-16-13-7-9(2)11(8-12(13)14)10(3)17-6-5-15/h7-8,10H,4-6,15H2,1-3H3. The summed E-state index contributed by atoms with van der Waals surface area (Å²) in [5, 5.41) is 0.621. The Labute approximate surface area is 108 Å². The highest BCUT2D eigenvalue weighted by Crippen LogP contribution is 2.32. The summed E-state index contributed by atoms with van der Waals surface area (Å²) in [5.74, 6) is 0.724. The minimum absolute atomic E-state index is 0.00766. The van der Waals surface area contributed by atoms with E-state index in [-0.39, 0.29) is 6.10 Å². The first-order valence-corrected chi connectivity index (χ1v) is 6.22. The quantitative estimate of drug-likeness (QED) is 0.852. The maximum atomic E-state index is 6.15. The maximum absolute atomic E-state index is 6.15. The zero-order valence-corrected chi connectivity index (χ0v) is 11.4. The van der Waals surface area contributed by atoms with E-state index in [2.05, 4.69) is 0 Å². The van der Waals surface area contributed by atoms with E-state index in [0.717, 1.165) is 16.9 Å². The Morgan fingerprint density at radius 3 is 2.71 bits per heavy atom. The van der Waals surface area contributed by atoms with Crippen molar-refractivity contribution in [3.63, 3.8) is 0 Å². The molecule has 0 saturated carbocycles. The first-order chi connectivity index (χ1) is 8.10. The van der Waals surface area contributed by atoms with Crippen LogP contribution in [-0.2, 0) is 4.74 Å². The molecule has 0 fully saturated rings. The van der Waals surface area contributed by atoms with E-state index < -0.39 is 0 Å². The third kappa shape index (κ3) is 3.87. The van der Waals surface area contributed by atoms with Gasteiger partial charge in [0.1, 0.15) is 5.75 Å². The molecular formula is C13H20ClNO2. The Morgan fingerprint density at radius 1 is 1.41 bits per heavy atom. The fourth-order valence-corrected chi connectivity index (χ4v) is 1.94. The molecule has 0 aliphatic rings. The SMILES string of the molecule is CCOc1cc(C)c(C(C)OCCN)cc1Cl. The van der Waals surface area contributed by atoms with Gasteiger partial charge in [0.15, 0.2) is 0 Å². The van der Waals surface area contributed by atoms with Crippen LogP contribution >= 0.6 is 11.6 Å². The van der Waals surface area contributed by atoms with E-state index in [1.165, 1.54) is 0 Å². The summed E-state index contributed by atoms with van der Waals surface area (Å²) in [6.07, 6.45) is -0.00766.